The number of ether oxygens (including phenoxy) is 1. The van der Waals surface area contributed by atoms with Gasteiger partial charge in [-0.25, -0.2) is 4.79 Å². The second-order valence-electron chi connectivity index (χ2n) is 4.73. The summed E-state index contributed by atoms with van der Waals surface area (Å²) in [6.45, 7) is 0.904. The third-order valence-corrected chi connectivity index (χ3v) is 3.36. The smallest absolute Gasteiger partial charge is 0.326 e. The highest BCUT2D eigenvalue weighted by molar-refractivity contribution is 5.96. The Labute approximate surface area is 111 Å². The van der Waals surface area contributed by atoms with Crippen molar-refractivity contribution < 1.29 is 19.4 Å². The van der Waals surface area contributed by atoms with Gasteiger partial charge in [-0.05, 0) is 18.6 Å². The molecule has 19 heavy (non-hydrogen) atoms. The average molecular weight is 263 g/mol. The highest BCUT2D eigenvalue weighted by atomic mass is 16.5. The standard InChI is InChI=1S/C14H17NO4/c1-19-9-10-7-12(14(17)18)15(8-10)13(16)11-5-3-2-4-6-11/h2-6,10,12H,7-9H2,1H3,(H,17,18)/t10-,12-/m0/s1. The minimum Gasteiger partial charge on any atom is -0.480 e. The third-order valence-electron chi connectivity index (χ3n) is 3.36. The Morgan fingerprint density at radius 3 is 2.63 bits per heavy atom. The van der Waals surface area contributed by atoms with Crippen molar-refractivity contribution in [3.63, 3.8) is 0 Å². The van der Waals surface area contributed by atoms with Crippen LogP contribution in [0.4, 0.5) is 0 Å². The van der Waals surface area contributed by atoms with E-state index >= 15 is 0 Å². The first-order valence-corrected chi connectivity index (χ1v) is 6.21. The number of rotatable bonds is 4. The maximum absolute atomic E-state index is 12.3. The van der Waals surface area contributed by atoms with Crippen molar-refractivity contribution in [2.24, 2.45) is 5.92 Å². The Morgan fingerprint density at radius 2 is 2.05 bits per heavy atom. The highest BCUT2D eigenvalue weighted by Crippen LogP contribution is 2.25. The van der Waals surface area contributed by atoms with Crippen LogP contribution in [0.25, 0.3) is 0 Å². The van der Waals surface area contributed by atoms with Crippen LogP contribution in [-0.4, -0.2) is 48.2 Å². The van der Waals surface area contributed by atoms with E-state index in [1.165, 1.54) is 4.90 Å². The SMILES string of the molecule is COC[C@H]1C[C@@H](C(=O)O)N(C(=O)c2ccccc2)C1. The number of carbonyl (C=O) groups excluding carboxylic acids is 1. The molecule has 1 saturated heterocycles. The van der Waals surface area contributed by atoms with Crippen LogP contribution in [0.1, 0.15) is 16.8 Å². The second kappa shape index (κ2) is 5.84. The van der Waals surface area contributed by atoms with Gasteiger partial charge in [-0.15, -0.1) is 0 Å². The van der Waals surface area contributed by atoms with Gasteiger partial charge in [-0.2, -0.15) is 0 Å². The number of amides is 1. The molecule has 102 valence electrons. The molecule has 1 aliphatic heterocycles. The molecule has 1 aromatic rings. The van der Waals surface area contributed by atoms with Gasteiger partial charge in [0.05, 0.1) is 6.61 Å². The molecule has 1 amide bonds. The largest absolute Gasteiger partial charge is 0.480 e. The van der Waals surface area contributed by atoms with Crippen LogP contribution in [0.5, 0.6) is 0 Å². The summed E-state index contributed by atoms with van der Waals surface area (Å²) in [7, 11) is 1.58. The summed E-state index contributed by atoms with van der Waals surface area (Å²) in [6, 6.07) is 8.00. The van der Waals surface area contributed by atoms with Gasteiger partial charge in [0, 0.05) is 25.1 Å². The molecule has 1 N–H and O–H groups in total. The van der Waals surface area contributed by atoms with Gasteiger partial charge < -0.3 is 14.7 Å². The summed E-state index contributed by atoms with van der Waals surface area (Å²) in [5.74, 6) is -1.10. The minimum absolute atomic E-state index is 0.0822. The lowest BCUT2D eigenvalue weighted by Crippen LogP contribution is -2.40. The molecule has 2 atom stereocenters. The number of aliphatic carboxylic acids is 1. The molecule has 0 saturated carbocycles. The van der Waals surface area contributed by atoms with Gasteiger partial charge in [0.25, 0.3) is 5.91 Å². The second-order valence-corrected chi connectivity index (χ2v) is 4.73. The number of likely N-dealkylation sites (tertiary alicyclic amines) is 1. The molecule has 2 rings (SSSR count). The topological polar surface area (TPSA) is 66.8 Å². The van der Waals surface area contributed by atoms with Gasteiger partial charge in [-0.1, -0.05) is 18.2 Å². The predicted octanol–water partition coefficient (Wildman–Crippen LogP) is 1.25. The Hall–Kier alpha value is -1.88. The Morgan fingerprint density at radius 1 is 1.37 bits per heavy atom. The van der Waals surface area contributed by atoms with Crippen LogP contribution >= 0.6 is 0 Å². The molecule has 5 heteroatoms. The van der Waals surface area contributed by atoms with E-state index in [4.69, 9.17) is 4.74 Å². The highest BCUT2D eigenvalue weighted by Gasteiger charge is 2.39. The number of methoxy groups -OCH3 is 1. The monoisotopic (exact) mass is 263 g/mol. The summed E-state index contributed by atoms with van der Waals surface area (Å²) in [5.41, 5.74) is 0.520. The molecule has 0 unspecified atom stereocenters. The lowest BCUT2D eigenvalue weighted by atomic mass is 10.1. The quantitative estimate of drug-likeness (QED) is 0.887. The molecule has 0 spiro atoms. The van der Waals surface area contributed by atoms with Gasteiger partial charge in [0.2, 0.25) is 0 Å². The molecule has 0 radical (unpaired) electrons. The van der Waals surface area contributed by atoms with Crippen LogP contribution in [0.3, 0.4) is 0 Å². The number of benzene rings is 1. The maximum Gasteiger partial charge on any atom is 0.326 e. The molecule has 0 aromatic heterocycles. The first-order chi connectivity index (χ1) is 9.13. The fourth-order valence-corrected chi connectivity index (χ4v) is 2.48. The summed E-state index contributed by atoms with van der Waals surface area (Å²) in [5, 5.41) is 9.23. The van der Waals surface area contributed by atoms with Crippen molar-refractivity contribution in [2.75, 3.05) is 20.3 Å². The molecule has 1 fully saturated rings. The molecular formula is C14H17NO4. The molecule has 0 bridgehead atoms. The summed E-state index contributed by atoms with van der Waals surface area (Å²) in [6.07, 6.45) is 0.446. The molecule has 0 aliphatic carbocycles. The number of hydrogen-bond donors (Lipinski definition) is 1. The van der Waals surface area contributed by atoms with Gasteiger partial charge >= 0.3 is 5.97 Å². The Bertz CT molecular complexity index is 460. The minimum atomic E-state index is -0.956. The number of nitrogens with zero attached hydrogens (tertiary/aromatic N) is 1. The third kappa shape index (κ3) is 2.93. The van der Waals surface area contributed by atoms with Crippen molar-refractivity contribution in [3.8, 4) is 0 Å². The van der Waals surface area contributed by atoms with Crippen molar-refractivity contribution >= 4 is 11.9 Å². The van der Waals surface area contributed by atoms with E-state index in [1.54, 1.807) is 31.4 Å². The van der Waals surface area contributed by atoms with Crippen molar-refractivity contribution in [2.45, 2.75) is 12.5 Å². The lowest BCUT2D eigenvalue weighted by Gasteiger charge is -2.21. The van der Waals surface area contributed by atoms with Crippen LogP contribution in [0, 0.1) is 5.92 Å². The molecule has 1 aromatic carbocycles. The van der Waals surface area contributed by atoms with Gasteiger partial charge in [-0.3, -0.25) is 4.79 Å². The lowest BCUT2D eigenvalue weighted by molar-refractivity contribution is -0.141. The van der Waals surface area contributed by atoms with Crippen LogP contribution in [-0.2, 0) is 9.53 Å². The molecular weight excluding hydrogens is 246 g/mol. The van der Waals surface area contributed by atoms with E-state index in [1.807, 2.05) is 6.07 Å². The molecule has 1 heterocycles. The number of hydrogen-bond acceptors (Lipinski definition) is 3. The first-order valence-electron chi connectivity index (χ1n) is 6.21. The zero-order chi connectivity index (χ0) is 13.8. The van der Waals surface area contributed by atoms with E-state index in [2.05, 4.69) is 0 Å². The van der Waals surface area contributed by atoms with Gasteiger partial charge in [0.15, 0.2) is 0 Å². The normalized spacial score (nSPS) is 22.5. The Kier molecular flexibility index (Phi) is 4.16. The summed E-state index contributed by atoms with van der Waals surface area (Å²) >= 11 is 0. The number of carbonyl (C=O) groups is 2. The van der Waals surface area contributed by atoms with E-state index < -0.39 is 12.0 Å². The van der Waals surface area contributed by atoms with Gasteiger partial charge in [0.1, 0.15) is 6.04 Å². The molecule has 1 aliphatic rings. The maximum atomic E-state index is 12.3. The zero-order valence-corrected chi connectivity index (χ0v) is 10.8. The zero-order valence-electron chi connectivity index (χ0n) is 10.8. The predicted molar refractivity (Wildman–Crippen MR) is 68.9 cm³/mol. The average Bonchev–Trinajstić information content (AvgIpc) is 2.83. The Balaban J connectivity index is 2.17. The number of carboxylic acids is 1. The summed E-state index contributed by atoms with van der Waals surface area (Å²) in [4.78, 5) is 25.0. The van der Waals surface area contributed by atoms with Crippen molar-refractivity contribution in [1.29, 1.82) is 0 Å². The van der Waals surface area contributed by atoms with E-state index in [0.29, 0.717) is 25.1 Å². The number of carboxylic acid groups (broad SMARTS) is 1. The fourth-order valence-electron chi connectivity index (χ4n) is 2.48. The van der Waals surface area contributed by atoms with Crippen molar-refractivity contribution in [1.82, 2.24) is 4.90 Å². The van der Waals surface area contributed by atoms with E-state index in [-0.39, 0.29) is 11.8 Å². The fraction of sp³-hybridized carbons (Fsp3) is 0.429. The summed E-state index contributed by atoms with van der Waals surface area (Å²) < 4.78 is 5.06. The van der Waals surface area contributed by atoms with Crippen molar-refractivity contribution in [3.05, 3.63) is 35.9 Å². The van der Waals surface area contributed by atoms with E-state index in [9.17, 15) is 14.7 Å². The van der Waals surface area contributed by atoms with E-state index in [0.717, 1.165) is 0 Å². The van der Waals surface area contributed by atoms with Crippen LogP contribution in [0.2, 0.25) is 0 Å². The van der Waals surface area contributed by atoms with Crippen LogP contribution in [0.15, 0.2) is 30.3 Å². The molecule has 5 nitrogen and oxygen atoms in total. The van der Waals surface area contributed by atoms with Crippen LogP contribution < -0.4 is 0 Å². The first kappa shape index (κ1) is 13.5.